The molecule has 3 heterocycles. The minimum absolute atomic E-state index is 0. The summed E-state index contributed by atoms with van der Waals surface area (Å²) in [6.45, 7) is 11.2. The van der Waals surface area contributed by atoms with Crippen molar-refractivity contribution in [2.24, 2.45) is 0 Å². The summed E-state index contributed by atoms with van der Waals surface area (Å²) in [5.41, 5.74) is 0.310. The normalized spacial score (nSPS) is 17.8. The van der Waals surface area contributed by atoms with Crippen LogP contribution in [0.2, 0.25) is 0 Å². The number of amides is 1. The fourth-order valence-corrected chi connectivity index (χ4v) is 4.56. The summed E-state index contributed by atoms with van der Waals surface area (Å²) >= 11 is 0. The molecule has 1 aromatic carbocycles. The van der Waals surface area contributed by atoms with Crippen LogP contribution >= 0.6 is 0 Å². The Morgan fingerprint density at radius 1 is 1.23 bits per heavy atom. The molecule has 1 atom stereocenters. The van der Waals surface area contributed by atoms with Gasteiger partial charge in [0.15, 0.2) is 12.4 Å². The van der Waals surface area contributed by atoms with Gasteiger partial charge in [-0.1, -0.05) is 18.9 Å². The van der Waals surface area contributed by atoms with Crippen LogP contribution in [0.5, 0.6) is 0 Å². The average molecular weight is 571 g/mol. The van der Waals surface area contributed by atoms with Gasteiger partial charge in [0.2, 0.25) is 5.91 Å². The Morgan fingerprint density at radius 2 is 1.88 bits per heavy atom. The van der Waals surface area contributed by atoms with Crippen LogP contribution in [0.1, 0.15) is 44.5 Å². The van der Waals surface area contributed by atoms with E-state index in [-0.39, 0.29) is 60.9 Å². The van der Waals surface area contributed by atoms with Gasteiger partial charge in [0.05, 0.1) is 11.0 Å². The molecule has 1 amide bonds. The third-order valence-electron chi connectivity index (χ3n) is 6.47. The summed E-state index contributed by atoms with van der Waals surface area (Å²) in [4.78, 5) is 24.7. The zero-order valence-corrected chi connectivity index (χ0v) is 25.4. The molecule has 2 aromatic rings. The molecule has 0 radical (unpaired) electrons. The van der Waals surface area contributed by atoms with E-state index in [2.05, 4.69) is 39.9 Å². The number of piperidine rings is 1. The first-order valence-corrected chi connectivity index (χ1v) is 12.6. The molecule has 0 bridgehead atoms. The van der Waals surface area contributed by atoms with Crippen molar-refractivity contribution in [2.45, 2.75) is 57.3 Å². The van der Waals surface area contributed by atoms with Gasteiger partial charge < -0.3 is 33.5 Å². The maximum Gasteiger partial charge on any atom is 1.00 e. The van der Waals surface area contributed by atoms with Crippen LogP contribution in [-0.2, 0) is 26.3 Å². The standard InChI is InChI=1S/C23H26F3N6O2.C4H8O.Na/c1-22(2)17-18(28-3)29-16(30-19(17)32(20(22)33)14-9-5-4-6-10-14)13-34-21(27)31-12-8-7-11-15(31)23(24,25)26;1-3-5-4-2;/h5-6,9-10,15,27H,7-8,11-13H2,1-3H3,(H,28,29,30);1-4H2;/q-1;-2;+1. The van der Waals surface area contributed by atoms with E-state index in [0.29, 0.717) is 48.9 Å². The summed E-state index contributed by atoms with van der Waals surface area (Å²) < 4.78 is 50.3. The van der Waals surface area contributed by atoms with Crippen molar-refractivity contribution in [3.8, 4) is 0 Å². The maximum absolute atomic E-state index is 13.4. The number of ether oxygens (including phenoxy) is 2. The molecule has 1 aromatic heterocycles. The number of nitrogens with one attached hydrogen (secondary N) is 2. The van der Waals surface area contributed by atoms with E-state index in [1.54, 1.807) is 45.2 Å². The number of likely N-dealkylation sites (tertiary alicyclic amines) is 1. The Balaban J connectivity index is 0.000000858. The molecule has 9 nitrogen and oxygen atoms in total. The van der Waals surface area contributed by atoms with Crippen LogP contribution in [0.15, 0.2) is 24.3 Å². The van der Waals surface area contributed by atoms with Crippen LogP contribution in [0, 0.1) is 25.3 Å². The molecular weight excluding hydrogens is 536 g/mol. The van der Waals surface area contributed by atoms with Crippen molar-refractivity contribution in [1.29, 1.82) is 5.41 Å². The van der Waals surface area contributed by atoms with Gasteiger partial charge in [0.25, 0.3) is 6.02 Å². The zero-order valence-electron chi connectivity index (χ0n) is 23.4. The van der Waals surface area contributed by atoms with Crippen molar-refractivity contribution in [3.05, 3.63) is 55.6 Å². The first kappa shape index (κ1) is 33.8. The fraction of sp³-hybridized carbons (Fsp3) is 0.481. The van der Waals surface area contributed by atoms with Gasteiger partial charge >= 0.3 is 35.7 Å². The second-order valence-electron chi connectivity index (χ2n) is 9.41. The second kappa shape index (κ2) is 14.5. The first-order valence-electron chi connectivity index (χ1n) is 12.6. The number of carbonyl (C=O) groups is 1. The molecule has 2 N–H and O–H groups in total. The molecule has 40 heavy (non-hydrogen) atoms. The molecule has 2 aliphatic rings. The number of benzene rings is 1. The minimum atomic E-state index is -4.45. The molecule has 13 heteroatoms. The number of alkyl halides is 3. The Hall–Kier alpha value is -2.41. The smallest absolute Gasteiger partial charge is 0.457 e. The largest absolute Gasteiger partial charge is 1.00 e. The van der Waals surface area contributed by atoms with Crippen molar-refractivity contribution in [2.75, 3.05) is 37.0 Å². The van der Waals surface area contributed by atoms with Gasteiger partial charge in [0, 0.05) is 13.6 Å². The number of anilines is 3. The van der Waals surface area contributed by atoms with E-state index in [1.165, 1.54) is 4.90 Å². The van der Waals surface area contributed by atoms with E-state index in [0.717, 1.165) is 4.90 Å². The summed E-state index contributed by atoms with van der Waals surface area (Å²) in [5, 5.41) is 11.1. The Bertz CT molecular complexity index is 1150. The van der Waals surface area contributed by atoms with Crippen molar-refractivity contribution < 1.29 is 57.0 Å². The molecule has 0 spiro atoms. The third-order valence-corrected chi connectivity index (χ3v) is 6.47. The fourth-order valence-electron chi connectivity index (χ4n) is 4.56. The van der Waals surface area contributed by atoms with Crippen LogP contribution in [0.25, 0.3) is 0 Å². The SMILES string of the molecule is CNc1nc(COC(=N)N2CCCCC2C(F)(F)F)nc2c1C(C)(C)C(=O)N2c1cc[c-]cc1.[CH2-]COC[CH2-].[Na+]. The first-order chi connectivity index (χ1) is 18.5. The van der Waals surface area contributed by atoms with Crippen LogP contribution in [0.3, 0.4) is 0 Å². The number of halogens is 3. The van der Waals surface area contributed by atoms with Gasteiger partial charge in [-0.15, -0.1) is 12.1 Å². The number of rotatable bonds is 6. The summed E-state index contributed by atoms with van der Waals surface area (Å²) in [7, 11) is 1.66. The molecule has 214 valence electrons. The van der Waals surface area contributed by atoms with Gasteiger partial charge in [-0.2, -0.15) is 31.4 Å². The van der Waals surface area contributed by atoms with Gasteiger partial charge in [0.1, 0.15) is 17.7 Å². The molecule has 0 aliphatic carbocycles. The molecule has 1 fully saturated rings. The predicted molar refractivity (Wildman–Crippen MR) is 141 cm³/mol. The number of nitrogens with zero attached hydrogens (tertiary/aromatic N) is 4. The van der Waals surface area contributed by atoms with Gasteiger partial charge in [-0.25, -0.2) is 9.97 Å². The predicted octanol–water partition coefficient (Wildman–Crippen LogP) is 1.82. The van der Waals surface area contributed by atoms with Crippen molar-refractivity contribution >= 4 is 29.3 Å². The molecule has 2 aliphatic heterocycles. The summed E-state index contributed by atoms with van der Waals surface area (Å²) in [6, 6.07) is 7.46. The molecule has 0 saturated carbocycles. The number of fused-ring (bicyclic) bond motifs is 1. The molecular formula is C27H34F3N6NaO3-2. The van der Waals surface area contributed by atoms with Crippen LogP contribution in [-0.4, -0.2) is 65.8 Å². The van der Waals surface area contributed by atoms with Gasteiger partial charge in [-0.05, 0) is 33.1 Å². The Morgan fingerprint density at radius 3 is 2.42 bits per heavy atom. The van der Waals surface area contributed by atoms with E-state index in [1.807, 2.05) is 0 Å². The van der Waals surface area contributed by atoms with E-state index in [9.17, 15) is 18.0 Å². The summed E-state index contributed by atoms with van der Waals surface area (Å²) in [6.07, 6.45) is -3.52. The van der Waals surface area contributed by atoms with Crippen molar-refractivity contribution in [3.63, 3.8) is 0 Å². The van der Waals surface area contributed by atoms with E-state index < -0.39 is 23.7 Å². The zero-order chi connectivity index (χ0) is 28.8. The number of hydrogen-bond donors (Lipinski definition) is 2. The van der Waals surface area contributed by atoms with Crippen LogP contribution in [0.4, 0.5) is 30.5 Å². The molecule has 1 saturated heterocycles. The Labute approximate surface area is 255 Å². The van der Waals surface area contributed by atoms with Crippen molar-refractivity contribution in [1.82, 2.24) is 14.9 Å². The number of aromatic nitrogens is 2. The van der Waals surface area contributed by atoms with E-state index in [4.69, 9.17) is 10.1 Å². The molecule has 1 unspecified atom stereocenters. The van der Waals surface area contributed by atoms with E-state index >= 15 is 0 Å². The van der Waals surface area contributed by atoms with Gasteiger partial charge in [-0.3, -0.25) is 15.1 Å². The second-order valence-corrected chi connectivity index (χ2v) is 9.41. The monoisotopic (exact) mass is 570 g/mol. The number of hydrogen-bond acceptors (Lipinski definition) is 7. The molecule has 4 rings (SSSR count). The topological polar surface area (TPSA) is 104 Å². The third kappa shape index (κ3) is 7.45. The number of carbonyl (C=O) groups excluding carboxylic acids is 1. The quantitative estimate of drug-likeness (QED) is 0.236. The maximum atomic E-state index is 13.4. The summed E-state index contributed by atoms with van der Waals surface area (Å²) in [5.74, 6) is 0.750. The minimum Gasteiger partial charge on any atom is -0.457 e. The average Bonchev–Trinajstić information content (AvgIpc) is 3.12. The Kier molecular flexibility index (Phi) is 12.2. The number of amidine groups is 1. The van der Waals surface area contributed by atoms with Crippen LogP contribution < -0.4 is 39.8 Å².